The SMILES string of the molecule is CC1(NCC(O)c2ccc3c(c2)OCCO3)CCC1. The van der Waals surface area contributed by atoms with Gasteiger partial charge in [0, 0.05) is 12.1 Å². The van der Waals surface area contributed by atoms with Gasteiger partial charge >= 0.3 is 0 Å². The van der Waals surface area contributed by atoms with Crippen molar-refractivity contribution in [2.75, 3.05) is 19.8 Å². The van der Waals surface area contributed by atoms with Crippen LogP contribution in [0.25, 0.3) is 0 Å². The van der Waals surface area contributed by atoms with Gasteiger partial charge < -0.3 is 19.9 Å². The highest BCUT2D eigenvalue weighted by atomic mass is 16.6. The molecule has 19 heavy (non-hydrogen) atoms. The van der Waals surface area contributed by atoms with Gasteiger partial charge in [-0.15, -0.1) is 0 Å². The van der Waals surface area contributed by atoms with E-state index >= 15 is 0 Å². The predicted molar refractivity (Wildman–Crippen MR) is 72.7 cm³/mol. The molecule has 1 unspecified atom stereocenters. The monoisotopic (exact) mass is 263 g/mol. The molecule has 0 radical (unpaired) electrons. The Morgan fingerprint density at radius 2 is 2.00 bits per heavy atom. The molecule has 104 valence electrons. The van der Waals surface area contributed by atoms with Gasteiger partial charge in [-0.1, -0.05) is 6.07 Å². The fourth-order valence-corrected chi connectivity index (χ4v) is 2.61. The summed E-state index contributed by atoms with van der Waals surface area (Å²) in [5.74, 6) is 1.50. The quantitative estimate of drug-likeness (QED) is 0.872. The van der Waals surface area contributed by atoms with Crippen molar-refractivity contribution in [1.82, 2.24) is 5.32 Å². The third-order valence-corrected chi connectivity index (χ3v) is 4.13. The maximum Gasteiger partial charge on any atom is 0.161 e. The summed E-state index contributed by atoms with van der Waals surface area (Å²) in [5, 5.41) is 13.7. The molecule has 0 aromatic heterocycles. The number of ether oxygens (including phenoxy) is 2. The molecule has 0 spiro atoms. The van der Waals surface area contributed by atoms with E-state index < -0.39 is 6.10 Å². The van der Waals surface area contributed by atoms with E-state index in [0.717, 1.165) is 17.1 Å². The number of hydrogen-bond donors (Lipinski definition) is 2. The van der Waals surface area contributed by atoms with Crippen molar-refractivity contribution in [2.45, 2.75) is 37.8 Å². The Morgan fingerprint density at radius 1 is 1.26 bits per heavy atom. The lowest BCUT2D eigenvalue weighted by Gasteiger charge is -2.40. The van der Waals surface area contributed by atoms with Crippen LogP contribution in [0.3, 0.4) is 0 Å². The molecule has 0 amide bonds. The molecule has 1 saturated carbocycles. The van der Waals surface area contributed by atoms with E-state index in [0.29, 0.717) is 19.8 Å². The van der Waals surface area contributed by atoms with Crippen molar-refractivity contribution < 1.29 is 14.6 Å². The lowest BCUT2D eigenvalue weighted by molar-refractivity contribution is 0.131. The number of rotatable bonds is 4. The molecule has 4 nitrogen and oxygen atoms in total. The first-order chi connectivity index (χ1) is 9.16. The Bertz CT molecular complexity index is 457. The molecular weight excluding hydrogens is 242 g/mol. The van der Waals surface area contributed by atoms with E-state index in [1.807, 2.05) is 18.2 Å². The normalized spacial score (nSPS) is 21.6. The van der Waals surface area contributed by atoms with Gasteiger partial charge in [-0.3, -0.25) is 0 Å². The zero-order valence-corrected chi connectivity index (χ0v) is 11.3. The summed E-state index contributed by atoms with van der Waals surface area (Å²) in [4.78, 5) is 0. The van der Waals surface area contributed by atoms with Crippen LogP contribution in [0, 0.1) is 0 Å². The van der Waals surface area contributed by atoms with Crippen molar-refractivity contribution in [1.29, 1.82) is 0 Å². The topological polar surface area (TPSA) is 50.7 Å². The second-order valence-electron chi connectivity index (χ2n) is 5.71. The van der Waals surface area contributed by atoms with Crippen LogP contribution in [0.1, 0.15) is 37.9 Å². The molecule has 1 heterocycles. The molecule has 1 atom stereocenters. The van der Waals surface area contributed by atoms with Gasteiger partial charge in [0.05, 0.1) is 6.10 Å². The molecular formula is C15H21NO3. The number of aliphatic hydroxyl groups is 1. The Morgan fingerprint density at radius 3 is 2.68 bits per heavy atom. The molecule has 0 bridgehead atoms. The molecule has 2 aliphatic rings. The van der Waals surface area contributed by atoms with Gasteiger partial charge in [0.2, 0.25) is 0 Å². The van der Waals surface area contributed by atoms with Crippen LogP contribution in [-0.2, 0) is 0 Å². The Hall–Kier alpha value is -1.26. The molecule has 3 rings (SSSR count). The van der Waals surface area contributed by atoms with Gasteiger partial charge in [-0.2, -0.15) is 0 Å². The van der Waals surface area contributed by atoms with E-state index in [1.54, 1.807) is 0 Å². The van der Waals surface area contributed by atoms with Gasteiger partial charge in [0.25, 0.3) is 0 Å². The number of β-amino-alcohol motifs (C(OH)–C–C–N with tert-alkyl or cyclic N) is 1. The second kappa shape index (κ2) is 5.02. The minimum atomic E-state index is -0.506. The first-order valence-electron chi connectivity index (χ1n) is 6.99. The van der Waals surface area contributed by atoms with Crippen LogP contribution < -0.4 is 14.8 Å². The van der Waals surface area contributed by atoms with Gasteiger partial charge in [-0.25, -0.2) is 0 Å². The zero-order chi connectivity index (χ0) is 13.3. The van der Waals surface area contributed by atoms with Crippen LogP contribution >= 0.6 is 0 Å². The summed E-state index contributed by atoms with van der Waals surface area (Å²) in [7, 11) is 0. The van der Waals surface area contributed by atoms with E-state index in [9.17, 15) is 5.11 Å². The molecule has 4 heteroatoms. The van der Waals surface area contributed by atoms with Crippen LogP contribution in [0.5, 0.6) is 11.5 Å². The lowest BCUT2D eigenvalue weighted by Crippen LogP contribution is -2.49. The average Bonchev–Trinajstić information content (AvgIpc) is 2.42. The summed E-state index contributed by atoms with van der Waals surface area (Å²) < 4.78 is 11.0. The standard InChI is InChI=1S/C15H21NO3/c1-15(5-2-6-15)16-10-12(17)11-3-4-13-14(9-11)19-8-7-18-13/h3-4,9,12,16-17H,2,5-8,10H2,1H3. The van der Waals surface area contributed by atoms with Crippen molar-refractivity contribution in [2.24, 2.45) is 0 Å². The Balaban J connectivity index is 1.64. The third kappa shape index (κ3) is 2.69. The molecule has 2 N–H and O–H groups in total. The first-order valence-corrected chi connectivity index (χ1v) is 6.99. The summed E-state index contributed by atoms with van der Waals surface area (Å²) in [6.45, 7) is 3.96. The smallest absolute Gasteiger partial charge is 0.161 e. The average molecular weight is 263 g/mol. The fourth-order valence-electron chi connectivity index (χ4n) is 2.61. The number of fused-ring (bicyclic) bond motifs is 1. The number of nitrogens with one attached hydrogen (secondary N) is 1. The molecule has 1 aliphatic heterocycles. The number of benzene rings is 1. The highest BCUT2D eigenvalue weighted by molar-refractivity contribution is 5.44. The van der Waals surface area contributed by atoms with E-state index in [4.69, 9.17) is 9.47 Å². The zero-order valence-electron chi connectivity index (χ0n) is 11.3. The Kier molecular flexibility index (Phi) is 3.37. The van der Waals surface area contributed by atoms with Crippen molar-refractivity contribution >= 4 is 0 Å². The molecule has 1 aliphatic carbocycles. The third-order valence-electron chi connectivity index (χ3n) is 4.13. The summed E-state index contributed by atoms with van der Waals surface area (Å²) in [5.41, 5.74) is 1.09. The van der Waals surface area contributed by atoms with E-state index in [1.165, 1.54) is 19.3 Å². The van der Waals surface area contributed by atoms with Crippen LogP contribution in [0.15, 0.2) is 18.2 Å². The minimum Gasteiger partial charge on any atom is -0.486 e. The van der Waals surface area contributed by atoms with Crippen LogP contribution in [-0.4, -0.2) is 30.4 Å². The second-order valence-corrected chi connectivity index (χ2v) is 5.71. The number of hydrogen-bond acceptors (Lipinski definition) is 4. The van der Waals surface area contributed by atoms with E-state index in [-0.39, 0.29) is 5.54 Å². The van der Waals surface area contributed by atoms with Crippen LogP contribution in [0.4, 0.5) is 0 Å². The molecule has 1 aromatic rings. The summed E-state index contributed by atoms with van der Waals surface area (Å²) >= 11 is 0. The van der Waals surface area contributed by atoms with Gasteiger partial charge in [0.1, 0.15) is 13.2 Å². The van der Waals surface area contributed by atoms with Crippen molar-refractivity contribution in [3.8, 4) is 11.5 Å². The molecule has 0 saturated heterocycles. The fraction of sp³-hybridized carbons (Fsp3) is 0.600. The van der Waals surface area contributed by atoms with Gasteiger partial charge in [-0.05, 0) is 43.9 Å². The molecule has 1 fully saturated rings. The minimum absolute atomic E-state index is 0.217. The lowest BCUT2D eigenvalue weighted by atomic mass is 9.78. The van der Waals surface area contributed by atoms with Gasteiger partial charge in [0.15, 0.2) is 11.5 Å². The first kappa shape index (κ1) is 12.8. The highest BCUT2D eigenvalue weighted by Crippen LogP contribution is 2.34. The van der Waals surface area contributed by atoms with E-state index in [2.05, 4.69) is 12.2 Å². The number of aliphatic hydroxyl groups excluding tert-OH is 1. The maximum absolute atomic E-state index is 10.2. The van der Waals surface area contributed by atoms with Crippen molar-refractivity contribution in [3.63, 3.8) is 0 Å². The highest BCUT2D eigenvalue weighted by Gasteiger charge is 2.31. The largest absolute Gasteiger partial charge is 0.486 e. The van der Waals surface area contributed by atoms with Crippen molar-refractivity contribution in [3.05, 3.63) is 23.8 Å². The van der Waals surface area contributed by atoms with Crippen LogP contribution in [0.2, 0.25) is 0 Å². The summed E-state index contributed by atoms with van der Waals surface area (Å²) in [6.07, 6.45) is 3.17. The molecule has 1 aromatic carbocycles. The summed E-state index contributed by atoms with van der Waals surface area (Å²) in [6, 6.07) is 5.66. The predicted octanol–water partition coefficient (Wildman–Crippen LogP) is 2.02. The Labute approximate surface area is 113 Å². The maximum atomic E-state index is 10.2.